The van der Waals surface area contributed by atoms with Crippen molar-refractivity contribution < 1.29 is 13.2 Å². The highest BCUT2D eigenvalue weighted by atomic mass is 32.2. The fourth-order valence-electron chi connectivity index (χ4n) is 4.23. The summed E-state index contributed by atoms with van der Waals surface area (Å²) in [4.78, 5) is 13.2. The summed E-state index contributed by atoms with van der Waals surface area (Å²) in [6, 6.07) is 20.0. The van der Waals surface area contributed by atoms with Crippen LogP contribution in [0.4, 0.5) is 5.69 Å². The first-order valence-corrected chi connectivity index (χ1v) is 12.8. The average Bonchev–Trinajstić information content (AvgIpc) is 3.26. The molecule has 1 atom stereocenters. The summed E-state index contributed by atoms with van der Waals surface area (Å²) < 4.78 is 28.2. The van der Waals surface area contributed by atoms with E-state index >= 15 is 0 Å². The number of hydrogen-bond acceptors (Lipinski definition) is 3. The largest absolute Gasteiger partial charge is 0.348 e. The van der Waals surface area contributed by atoms with Crippen molar-refractivity contribution in [3.05, 3.63) is 94.5 Å². The second-order valence-corrected chi connectivity index (χ2v) is 10.7. The molecule has 4 rings (SSSR count). The SMILES string of the molecule is Cc1ccc(N(CC(=O)N[C@H](C)c2ccc3c(c2)CCC3)S(=O)(=O)c2ccc(C)cc2)cc1. The number of benzene rings is 3. The lowest BCUT2D eigenvalue weighted by molar-refractivity contribution is -0.120. The molecule has 3 aromatic rings. The molecule has 0 fully saturated rings. The Morgan fingerprint density at radius 1 is 0.909 bits per heavy atom. The van der Waals surface area contributed by atoms with Crippen molar-refractivity contribution in [2.45, 2.75) is 51.0 Å². The number of aryl methyl sites for hydroxylation is 4. The Hall–Kier alpha value is -3.12. The van der Waals surface area contributed by atoms with Gasteiger partial charge in [0.15, 0.2) is 0 Å². The molecule has 1 aliphatic carbocycles. The van der Waals surface area contributed by atoms with Crippen molar-refractivity contribution >= 4 is 21.6 Å². The molecule has 0 spiro atoms. The molecule has 1 amide bonds. The van der Waals surface area contributed by atoms with Gasteiger partial charge in [0.2, 0.25) is 5.91 Å². The topological polar surface area (TPSA) is 66.5 Å². The van der Waals surface area contributed by atoms with Gasteiger partial charge >= 0.3 is 0 Å². The minimum Gasteiger partial charge on any atom is -0.348 e. The molecule has 6 heteroatoms. The zero-order valence-electron chi connectivity index (χ0n) is 19.3. The Balaban J connectivity index is 1.57. The van der Waals surface area contributed by atoms with Crippen LogP contribution >= 0.6 is 0 Å². The summed E-state index contributed by atoms with van der Waals surface area (Å²) in [6.45, 7) is 5.48. The average molecular weight is 463 g/mol. The summed E-state index contributed by atoms with van der Waals surface area (Å²) >= 11 is 0. The lowest BCUT2D eigenvalue weighted by atomic mass is 10.0. The van der Waals surface area contributed by atoms with Gasteiger partial charge in [0.05, 0.1) is 16.6 Å². The Morgan fingerprint density at radius 2 is 1.52 bits per heavy atom. The Bertz CT molecular complexity index is 1250. The van der Waals surface area contributed by atoms with Gasteiger partial charge in [-0.25, -0.2) is 8.42 Å². The minimum absolute atomic E-state index is 0.160. The molecule has 0 heterocycles. The van der Waals surface area contributed by atoms with E-state index < -0.39 is 10.0 Å². The van der Waals surface area contributed by atoms with Crippen LogP contribution in [-0.2, 0) is 27.7 Å². The number of hydrogen-bond donors (Lipinski definition) is 1. The minimum atomic E-state index is -3.91. The standard InChI is InChI=1S/C27H30N2O3S/c1-19-7-13-25(14-8-19)29(33(31,32)26-15-9-20(2)10-16-26)18-27(30)28-21(3)23-12-11-22-5-4-6-24(22)17-23/h7-17,21H,4-6,18H2,1-3H3,(H,28,30)/t21-/m1/s1. The molecule has 1 N–H and O–H groups in total. The van der Waals surface area contributed by atoms with Crippen LogP contribution < -0.4 is 9.62 Å². The number of rotatable bonds is 7. The molecule has 0 aromatic heterocycles. The van der Waals surface area contributed by atoms with Gasteiger partial charge < -0.3 is 5.32 Å². The molecular weight excluding hydrogens is 432 g/mol. The predicted octanol–water partition coefficient (Wildman–Crippen LogP) is 4.86. The van der Waals surface area contributed by atoms with Gasteiger partial charge in [-0.15, -0.1) is 0 Å². The number of fused-ring (bicyclic) bond motifs is 1. The summed E-state index contributed by atoms with van der Waals surface area (Å²) in [5, 5.41) is 2.99. The van der Waals surface area contributed by atoms with Crippen LogP contribution in [0.15, 0.2) is 71.6 Å². The second kappa shape index (κ2) is 9.40. The molecule has 0 aliphatic heterocycles. The summed E-state index contributed by atoms with van der Waals surface area (Å²) in [5.74, 6) is -0.348. The molecule has 3 aromatic carbocycles. The maximum Gasteiger partial charge on any atom is 0.264 e. The van der Waals surface area contributed by atoms with E-state index in [1.807, 2.05) is 32.9 Å². The van der Waals surface area contributed by atoms with Crippen molar-refractivity contribution in [1.82, 2.24) is 5.32 Å². The Morgan fingerprint density at radius 3 is 2.18 bits per heavy atom. The molecule has 0 radical (unpaired) electrons. The highest BCUT2D eigenvalue weighted by Gasteiger charge is 2.28. The van der Waals surface area contributed by atoms with Crippen molar-refractivity contribution in [2.24, 2.45) is 0 Å². The second-order valence-electron chi connectivity index (χ2n) is 8.83. The van der Waals surface area contributed by atoms with E-state index in [1.165, 1.54) is 21.9 Å². The van der Waals surface area contributed by atoms with Crippen LogP contribution in [0.25, 0.3) is 0 Å². The summed E-state index contributed by atoms with van der Waals surface area (Å²) in [7, 11) is -3.91. The van der Waals surface area contributed by atoms with Crippen molar-refractivity contribution in [3.63, 3.8) is 0 Å². The molecule has 5 nitrogen and oxygen atoms in total. The first-order chi connectivity index (χ1) is 15.7. The number of carbonyl (C=O) groups is 1. The molecule has 0 unspecified atom stereocenters. The van der Waals surface area contributed by atoms with Gasteiger partial charge in [-0.3, -0.25) is 9.10 Å². The third-order valence-corrected chi connectivity index (χ3v) is 8.01. The van der Waals surface area contributed by atoms with Crippen molar-refractivity contribution in [2.75, 3.05) is 10.8 Å². The van der Waals surface area contributed by atoms with Crippen LogP contribution in [0.3, 0.4) is 0 Å². The van der Waals surface area contributed by atoms with E-state index in [2.05, 4.69) is 23.5 Å². The van der Waals surface area contributed by atoms with Gasteiger partial charge in [0.1, 0.15) is 6.54 Å². The lowest BCUT2D eigenvalue weighted by Crippen LogP contribution is -2.41. The molecule has 0 bridgehead atoms. The van der Waals surface area contributed by atoms with E-state index in [-0.39, 0.29) is 23.4 Å². The van der Waals surface area contributed by atoms with E-state index in [9.17, 15) is 13.2 Å². The quantitative estimate of drug-likeness (QED) is 0.545. The van der Waals surface area contributed by atoms with Crippen LogP contribution in [0.5, 0.6) is 0 Å². The number of amides is 1. The van der Waals surface area contributed by atoms with E-state index in [0.29, 0.717) is 5.69 Å². The van der Waals surface area contributed by atoms with Crippen LogP contribution in [-0.4, -0.2) is 20.9 Å². The zero-order chi connectivity index (χ0) is 23.6. The van der Waals surface area contributed by atoms with Crippen LogP contribution in [0.1, 0.15) is 47.2 Å². The zero-order valence-corrected chi connectivity index (χ0v) is 20.2. The molecule has 1 aliphatic rings. The van der Waals surface area contributed by atoms with Crippen LogP contribution in [0, 0.1) is 13.8 Å². The normalized spacial score (nSPS) is 13.9. The molecule has 172 valence electrons. The van der Waals surface area contributed by atoms with E-state index in [0.717, 1.165) is 29.5 Å². The van der Waals surface area contributed by atoms with Gasteiger partial charge in [-0.2, -0.15) is 0 Å². The molecule has 0 saturated heterocycles. The highest BCUT2D eigenvalue weighted by molar-refractivity contribution is 7.92. The van der Waals surface area contributed by atoms with Gasteiger partial charge in [-0.05, 0) is 81.0 Å². The van der Waals surface area contributed by atoms with E-state index in [1.54, 1.807) is 36.4 Å². The summed E-state index contributed by atoms with van der Waals surface area (Å²) in [6.07, 6.45) is 3.35. The molecular formula is C27H30N2O3S. The first-order valence-electron chi connectivity index (χ1n) is 11.3. The van der Waals surface area contributed by atoms with Gasteiger partial charge in [-0.1, -0.05) is 53.6 Å². The van der Waals surface area contributed by atoms with Gasteiger partial charge in [0.25, 0.3) is 10.0 Å². The summed E-state index contributed by atoms with van der Waals surface area (Å²) in [5.41, 5.74) is 6.20. The monoisotopic (exact) mass is 462 g/mol. The fourth-order valence-corrected chi connectivity index (χ4v) is 5.65. The maximum atomic E-state index is 13.5. The third-order valence-electron chi connectivity index (χ3n) is 6.22. The van der Waals surface area contributed by atoms with Crippen molar-refractivity contribution in [1.29, 1.82) is 0 Å². The Kier molecular flexibility index (Phi) is 6.56. The fraction of sp³-hybridized carbons (Fsp3) is 0.296. The third kappa shape index (κ3) is 5.11. The smallest absolute Gasteiger partial charge is 0.264 e. The molecule has 0 saturated carbocycles. The molecule has 33 heavy (non-hydrogen) atoms. The number of anilines is 1. The number of sulfonamides is 1. The highest BCUT2D eigenvalue weighted by Crippen LogP contribution is 2.27. The first kappa shape index (κ1) is 23.1. The van der Waals surface area contributed by atoms with Crippen LogP contribution in [0.2, 0.25) is 0 Å². The van der Waals surface area contributed by atoms with Gasteiger partial charge in [0, 0.05) is 0 Å². The predicted molar refractivity (Wildman–Crippen MR) is 132 cm³/mol. The number of carbonyl (C=O) groups excluding carboxylic acids is 1. The Labute approximate surface area is 196 Å². The number of nitrogens with one attached hydrogen (secondary N) is 1. The van der Waals surface area contributed by atoms with Crippen molar-refractivity contribution in [3.8, 4) is 0 Å². The lowest BCUT2D eigenvalue weighted by Gasteiger charge is -2.25. The van der Waals surface area contributed by atoms with E-state index in [4.69, 9.17) is 0 Å². The number of nitrogens with zero attached hydrogens (tertiary/aromatic N) is 1. The maximum absolute atomic E-state index is 13.5.